The molecule has 9 nitrogen and oxygen atoms in total. The first kappa shape index (κ1) is 35.2. The van der Waals surface area contributed by atoms with Crippen LogP contribution in [0.5, 0.6) is 5.75 Å². The van der Waals surface area contributed by atoms with Gasteiger partial charge in [0.05, 0.1) is 36.0 Å². The number of piperidine rings is 1. The van der Waals surface area contributed by atoms with Crippen LogP contribution in [0.4, 0.5) is 18.0 Å². The summed E-state index contributed by atoms with van der Waals surface area (Å²) in [6, 6.07) is 20.1. The Morgan fingerprint density at radius 3 is 2.42 bits per heavy atom. The van der Waals surface area contributed by atoms with Crippen molar-refractivity contribution in [2.24, 2.45) is 17.3 Å². The number of methoxy groups -OCH3 is 1. The molecule has 6 rings (SSSR count). The molecule has 0 unspecified atom stereocenters. The van der Waals surface area contributed by atoms with Gasteiger partial charge in [-0.25, -0.2) is 14.3 Å². The van der Waals surface area contributed by atoms with Gasteiger partial charge in [0.15, 0.2) is 5.65 Å². The lowest BCUT2D eigenvalue weighted by molar-refractivity contribution is -0.202. The topological polar surface area (TPSA) is 98.1 Å². The highest BCUT2D eigenvalue weighted by Crippen LogP contribution is 2.44. The van der Waals surface area contributed by atoms with Crippen molar-refractivity contribution in [1.82, 2.24) is 24.8 Å². The van der Waals surface area contributed by atoms with Gasteiger partial charge < -0.3 is 19.7 Å². The predicted octanol–water partition coefficient (Wildman–Crippen LogP) is 7.27. The fourth-order valence-corrected chi connectivity index (χ4v) is 7.37. The Morgan fingerprint density at radius 2 is 1.74 bits per heavy atom. The molecule has 1 saturated carbocycles. The second kappa shape index (κ2) is 14.3. The molecule has 1 saturated heterocycles. The van der Waals surface area contributed by atoms with Gasteiger partial charge in [-0.1, -0.05) is 56.3 Å². The van der Waals surface area contributed by atoms with Crippen LogP contribution in [0.3, 0.4) is 0 Å². The number of amides is 2. The maximum atomic E-state index is 14.2. The number of carbonyl (C=O) groups excluding carboxylic acids is 2. The van der Waals surface area contributed by atoms with Gasteiger partial charge in [-0.05, 0) is 73.4 Å². The molecule has 4 aromatic rings. The Balaban J connectivity index is 1.20. The normalized spacial score (nSPS) is 24.3. The number of fused-ring (bicyclic) bond motifs is 1. The third kappa shape index (κ3) is 7.89. The van der Waals surface area contributed by atoms with Crippen molar-refractivity contribution < 1.29 is 32.2 Å². The molecule has 50 heavy (non-hydrogen) atoms. The van der Waals surface area contributed by atoms with Crippen LogP contribution < -0.4 is 10.1 Å². The van der Waals surface area contributed by atoms with E-state index >= 15 is 0 Å². The number of imidazole rings is 1. The number of hydrogen-bond donors (Lipinski definition) is 1. The monoisotopic (exact) mass is 691 g/mol. The van der Waals surface area contributed by atoms with Gasteiger partial charge in [0, 0.05) is 31.5 Å². The van der Waals surface area contributed by atoms with Crippen molar-refractivity contribution in [2.45, 2.75) is 77.1 Å². The highest BCUT2D eigenvalue weighted by molar-refractivity contribution is 5.83. The van der Waals surface area contributed by atoms with Crippen LogP contribution in [0.2, 0.25) is 0 Å². The van der Waals surface area contributed by atoms with E-state index in [2.05, 4.69) is 12.2 Å². The van der Waals surface area contributed by atoms with Crippen LogP contribution in [-0.4, -0.2) is 57.9 Å². The minimum absolute atomic E-state index is 0.0360. The number of ether oxygens (including phenoxy) is 2. The maximum Gasteiger partial charge on any atom is 0.407 e. The summed E-state index contributed by atoms with van der Waals surface area (Å²) < 4.78 is 55.3. The van der Waals surface area contributed by atoms with Crippen LogP contribution in [0, 0.1) is 17.3 Å². The summed E-state index contributed by atoms with van der Waals surface area (Å²) in [5, 5.41) is 7.58. The zero-order valence-electron chi connectivity index (χ0n) is 28.7. The third-order valence-corrected chi connectivity index (χ3v) is 10.4. The SMILES string of the molecule is COc1ccc(CN2C[C@H](C(F)(F)F)C[C@](C)(Cc3ccc4nc(C5(COC(=O)NCc6ccccc6)CCC(C)CC5)cn4n3)C2=O)cc1. The van der Waals surface area contributed by atoms with Gasteiger partial charge in [0.1, 0.15) is 12.4 Å². The average molecular weight is 692 g/mol. The molecule has 1 aliphatic heterocycles. The predicted molar refractivity (Wildman–Crippen MR) is 181 cm³/mol. The molecule has 2 fully saturated rings. The first-order valence-corrected chi connectivity index (χ1v) is 17.2. The summed E-state index contributed by atoms with van der Waals surface area (Å²) in [6.07, 6.45) is 0.0639. The van der Waals surface area contributed by atoms with E-state index < -0.39 is 35.6 Å². The standard InChI is InChI=1S/C38H44F3N5O4/c1-26-15-17-37(18-16-26,25-50-35(48)42-21-27-7-5-4-6-8-27)32-24-46-33(43-32)14-11-30(44-46)20-36(2)19-29(38(39,40)41)23-45(34(36)47)22-28-9-12-31(49-3)13-10-28/h4-14,24,26,29H,15-23,25H2,1-3H3,(H,42,48)/t26?,29-,36-,37?/m1/s1. The molecule has 0 bridgehead atoms. The smallest absolute Gasteiger partial charge is 0.407 e. The molecule has 1 aliphatic carbocycles. The van der Waals surface area contributed by atoms with Gasteiger partial charge in [0.25, 0.3) is 0 Å². The Morgan fingerprint density at radius 1 is 1.02 bits per heavy atom. The molecule has 0 radical (unpaired) electrons. The molecule has 266 valence electrons. The molecule has 2 aromatic carbocycles. The number of carbonyl (C=O) groups is 2. The zero-order chi connectivity index (χ0) is 35.5. The van der Waals surface area contributed by atoms with Crippen LogP contribution in [0.1, 0.15) is 68.5 Å². The molecule has 0 spiro atoms. The first-order valence-electron chi connectivity index (χ1n) is 17.2. The molecule has 2 atom stereocenters. The Bertz CT molecular complexity index is 1790. The van der Waals surface area contributed by atoms with E-state index in [4.69, 9.17) is 19.6 Å². The number of benzene rings is 2. The largest absolute Gasteiger partial charge is 0.497 e. The van der Waals surface area contributed by atoms with E-state index in [9.17, 15) is 22.8 Å². The van der Waals surface area contributed by atoms with Gasteiger partial charge in [-0.15, -0.1) is 0 Å². The van der Waals surface area contributed by atoms with E-state index in [1.807, 2.05) is 36.5 Å². The summed E-state index contributed by atoms with van der Waals surface area (Å²) in [5.74, 6) is -0.831. The molecule has 3 heterocycles. The van der Waals surface area contributed by atoms with Gasteiger partial charge in [0.2, 0.25) is 5.91 Å². The van der Waals surface area contributed by atoms with Crippen molar-refractivity contribution in [3.63, 3.8) is 0 Å². The number of alkyl halides is 3. The van der Waals surface area contributed by atoms with Gasteiger partial charge in [-0.3, -0.25) is 4.79 Å². The Hall–Kier alpha value is -4.61. The molecule has 12 heteroatoms. The summed E-state index contributed by atoms with van der Waals surface area (Å²) in [5.41, 5.74) is 1.69. The van der Waals surface area contributed by atoms with E-state index in [0.29, 0.717) is 29.6 Å². The second-order valence-electron chi connectivity index (χ2n) is 14.3. The van der Waals surface area contributed by atoms with E-state index in [1.165, 1.54) is 12.0 Å². The molecular formula is C38H44F3N5O4. The summed E-state index contributed by atoms with van der Waals surface area (Å²) in [6.45, 7) is 4.01. The lowest BCUT2D eigenvalue weighted by atomic mass is 9.69. The van der Waals surface area contributed by atoms with Crippen LogP contribution in [-0.2, 0) is 34.5 Å². The highest BCUT2D eigenvalue weighted by atomic mass is 19.4. The third-order valence-electron chi connectivity index (χ3n) is 10.4. The van der Waals surface area contributed by atoms with E-state index in [0.717, 1.165) is 42.5 Å². The van der Waals surface area contributed by atoms with E-state index in [1.54, 1.807) is 47.8 Å². The summed E-state index contributed by atoms with van der Waals surface area (Å²) in [7, 11) is 1.54. The lowest BCUT2D eigenvalue weighted by Gasteiger charge is -2.44. The molecule has 2 amide bonds. The number of likely N-dealkylation sites (tertiary alicyclic amines) is 1. The number of nitrogens with zero attached hydrogens (tertiary/aromatic N) is 4. The average Bonchev–Trinajstić information content (AvgIpc) is 3.54. The number of alkyl carbamates (subject to hydrolysis) is 1. The first-order chi connectivity index (χ1) is 23.9. The van der Waals surface area contributed by atoms with Crippen molar-refractivity contribution in [2.75, 3.05) is 20.3 Å². The number of aromatic nitrogens is 3. The fourth-order valence-electron chi connectivity index (χ4n) is 7.37. The molecule has 1 N–H and O–H groups in total. The van der Waals surface area contributed by atoms with Crippen LogP contribution in [0.25, 0.3) is 5.65 Å². The zero-order valence-corrected chi connectivity index (χ0v) is 28.7. The summed E-state index contributed by atoms with van der Waals surface area (Å²) >= 11 is 0. The van der Waals surface area contributed by atoms with Crippen LogP contribution in [0.15, 0.2) is 72.9 Å². The highest BCUT2D eigenvalue weighted by Gasteiger charge is 2.52. The van der Waals surface area contributed by atoms with Crippen molar-refractivity contribution >= 4 is 17.6 Å². The van der Waals surface area contributed by atoms with E-state index in [-0.39, 0.29) is 31.9 Å². The molecule has 2 aliphatic rings. The quantitative estimate of drug-likeness (QED) is 0.188. The van der Waals surface area contributed by atoms with Crippen LogP contribution >= 0.6 is 0 Å². The summed E-state index contributed by atoms with van der Waals surface area (Å²) in [4.78, 5) is 32.8. The number of nitrogens with one attached hydrogen (secondary N) is 1. The minimum atomic E-state index is -4.46. The lowest BCUT2D eigenvalue weighted by Crippen LogP contribution is -2.54. The maximum absolute atomic E-state index is 14.2. The van der Waals surface area contributed by atoms with Crippen molar-refractivity contribution in [3.05, 3.63) is 95.4 Å². The van der Waals surface area contributed by atoms with Gasteiger partial charge in [-0.2, -0.15) is 18.3 Å². The fraction of sp³-hybridized carbons (Fsp3) is 0.474. The Labute approximate surface area is 290 Å². The number of rotatable bonds is 10. The minimum Gasteiger partial charge on any atom is -0.497 e. The van der Waals surface area contributed by atoms with Crippen molar-refractivity contribution in [1.29, 1.82) is 0 Å². The second-order valence-corrected chi connectivity index (χ2v) is 14.3. The molecule has 2 aromatic heterocycles. The number of hydrogen-bond acceptors (Lipinski definition) is 6. The van der Waals surface area contributed by atoms with Gasteiger partial charge >= 0.3 is 12.3 Å². The molecular weight excluding hydrogens is 647 g/mol. The van der Waals surface area contributed by atoms with Crippen molar-refractivity contribution in [3.8, 4) is 5.75 Å². The number of halogens is 3. The Kier molecular flexibility index (Phi) is 10.1.